The van der Waals surface area contributed by atoms with Crippen LogP contribution >= 0.6 is 0 Å². The summed E-state index contributed by atoms with van der Waals surface area (Å²) < 4.78 is 26.9. The number of aryl methyl sites for hydroxylation is 1. The van der Waals surface area contributed by atoms with Crippen LogP contribution in [0.25, 0.3) is 0 Å². The zero-order valence-corrected chi connectivity index (χ0v) is 16.8. The number of hydrogen-bond donors (Lipinski definition) is 3. The van der Waals surface area contributed by atoms with Crippen LogP contribution in [0.2, 0.25) is 0 Å². The van der Waals surface area contributed by atoms with E-state index in [2.05, 4.69) is 30.5 Å². The molecule has 3 aromatic rings. The third-order valence-corrected chi connectivity index (χ3v) is 5.36. The van der Waals surface area contributed by atoms with Gasteiger partial charge in [0.15, 0.2) is 5.82 Å². The number of pyridine rings is 1. The third-order valence-electron chi connectivity index (χ3n) is 3.90. The Morgan fingerprint density at radius 3 is 2.47 bits per heavy atom. The molecule has 0 amide bonds. The van der Waals surface area contributed by atoms with Gasteiger partial charge in [-0.05, 0) is 42.8 Å². The summed E-state index contributed by atoms with van der Waals surface area (Å²) >= 11 is 0. The molecule has 0 bridgehead atoms. The van der Waals surface area contributed by atoms with Crippen molar-refractivity contribution in [2.45, 2.75) is 11.8 Å². The van der Waals surface area contributed by atoms with Gasteiger partial charge in [0.25, 0.3) is 5.69 Å². The van der Waals surface area contributed by atoms with E-state index in [1.165, 1.54) is 18.2 Å². The molecule has 0 saturated carbocycles. The van der Waals surface area contributed by atoms with E-state index in [1.54, 1.807) is 18.3 Å². The molecule has 2 aromatic heterocycles. The lowest BCUT2D eigenvalue weighted by molar-refractivity contribution is -0.385. The maximum absolute atomic E-state index is 12.3. The Labute approximate surface area is 172 Å². The number of nitro groups is 1. The Hall–Kier alpha value is -3.64. The van der Waals surface area contributed by atoms with Crippen molar-refractivity contribution in [3.05, 3.63) is 70.4 Å². The summed E-state index contributed by atoms with van der Waals surface area (Å²) in [6.07, 6.45) is 1.69. The highest BCUT2D eigenvalue weighted by atomic mass is 32.2. The highest BCUT2D eigenvalue weighted by Crippen LogP contribution is 2.17. The van der Waals surface area contributed by atoms with Crippen molar-refractivity contribution < 1.29 is 13.3 Å². The van der Waals surface area contributed by atoms with Crippen molar-refractivity contribution in [3.63, 3.8) is 0 Å². The maximum atomic E-state index is 12.3. The van der Waals surface area contributed by atoms with Crippen LogP contribution in [0.1, 0.15) is 5.56 Å². The molecule has 0 aliphatic rings. The molecule has 0 radical (unpaired) electrons. The minimum atomic E-state index is -3.86. The van der Waals surface area contributed by atoms with Gasteiger partial charge in [-0.2, -0.15) is 0 Å². The SMILES string of the molecule is Cc1ccnc(Nc2ccc(NCCNS(=O)(=O)c3cccc([N+](=O)[O-])c3)nn2)c1. The number of nitrogens with zero attached hydrogens (tertiary/aromatic N) is 4. The van der Waals surface area contributed by atoms with Gasteiger partial charge in [0.05, 0.1) is 9.82 Å². The lowest BCUT2D eigenvalue weighted by atomic mass is 10.3. The fourth-order valence-electron chi connectivity index (χ4n) is 2.45. The quantitative estimate of drug-likeness (QED) is 0.264. The number of aromatic nitrogens is 3. The molecule has 0 spiro atoms. The minimum Gasteiger partial charge on any atom is -0.367 e. The zero-order valence-electron chi connectivity index (χ0n) is 15.9. The predicted octanol–water partition coefficient (Wildman–Crippen LogP) is 2.22. The molecule has 0 aliphatic carbocycles. The molecule has 3 rings (SSSR count). The molecule has 156 valence electrons. The second-order valence-electron chi connectivity index (χ2n) is 6.23. The summed E-state index contributed by atoms with van der Waals surface area (Å²) in [5, 5.41) is 24.8. The highest BCUT2D eigenvalue weighted by Gasteiger charge is 2.16. The number of nitrogens with one attached hydrogen (secondary N) is 3. The van der Waals surface area contributed by atoms with Crippen molar-refractivity contribution in [2.24, 2.45) is 0 Å². The van der Waals surface area contributed by atoms with E-state index in [9.17, 15) is 18.5 Å². The van der Waals surface area contributed by atoms with Crippen LogP contribution in [0.3, 0.4) is 0 Å². The Kier molecular flexibility index (Phi) is 6.49. The van der Waals surface area contributed by atoms with Crippen LogP contribution in [0.4, 0.5) is 23.1 Å². The Morgan fingerprint density at radius 2 is 1.77 bits per heavy atom. The summed E-state index contributed by atoms with van der Waals surface area (Å²) in [6.45, 7) is 2.26. The molecular formula is C18H19N7O4S. The standard InChI is InChI=1S/C18H19N7O4S/c1-13-7-8-19-18(11-13)22-17-6-5-16(23-24-17)20-9-10-21-30(28,29)15-4-2-3-14(12-15)25(26)27/h2-8,11-12,21H,9-10H2,1H3,(H,20,23)(H,19,22,24). The average Bonchev–Trinajstić information content (AvgIpc) is 2.72. The van der Waals surface area contributed by atoms with Crippen LogP contribution in [0.5, 0.6) is 0 Å². The number of hydrogen-bond acceptors (Lipinski definition) is 9. The second-order valence-corrected chi connectivity index (χ2v) is 7.99. The highest BCUT2D eigenvalue weighted by molar-refractivity contribution is 7.89. The Morgan fingerprint density at radius 1 is 1.00 bits per heavy atom. The lowest BCUT2D eigenvalue weighted by Crippen LogP contribution is -2.29. The van der Waals surface area contributed by atoms with Gasteiger partial charge in [-0.25, -0.2) is 18.1 Å². The van der Waals surface area contributed by atoms with Crippen molar-refractivity contribution in [3.8, 4) is 0 Å². The van der Waals surface area contributed by atoms with E-state index in [0.717, 1.165) is 11.6 Å². The van der Waals surface area contributed by atoms with Crippen LogP contribution < -0.4 is 15.4 Å². The van der Waals surface area contributed by atoms with E-state index >= 15 is 0 Å². The molecule has 0 atom stereocenters. The smallest absolute Gasteiger partial charge is 0.270 e. The molecule has 12 heteroatoms. The van der Waals surface area contributed by atoms with Crippen LogP contribution in [0.15, 0.2) is 59.6 Å². The fraction of sp³-hybridized carbons (Fsp3) is 0.167. The normalized spacial score (nSPS) is 11.1. The molecule has 30 heavy (non-hydrogen) atoms. The molecule has 3 N–H and O–H groups in total. The second kappa shape index (κ2) is 9.24. The van der Waals surface area contributed by atoms with E-state index in [0.29, 0.717) is 17.5 Å². The molecule has 0 saturated heterocycles. The number of non-ortho nitro benzene ring substituents is 1. The van der Waals surface area contributed by atoms with E-state index < -0.39 is 14.9 Å². The lowest BCUT2D eigenvalue weighted by Gasteiger charge is -2.09. The number of nitro benzene ring substituents is 1. The fourth-order valence-corrected chi connectivity index (χ4v) is 3.52. The maximum Gasteiger partial charge on any atom is 0.270 e. The summed E-state index contributed by atoms with van der Waals surface area (Å²) in [5.74, 6) is 1.64. The van der Waals surface area contributed by atoms with Gasteiger partial charge in [-0.1, -0.05) is 6.07 Å². The van der Waals surface area contributed by atoms with Crippen molar-refractivity contribution in [2.75, 3.05) is 23.7 Å². The van der Waals surface area contributed by atoms with Gasteiger partial charge in [-0.3, -0.25) is 10.1 Å². The van der Waals surface area contributed by atoms with Gasteiger partial charge in [0, 0.05) is 31.4 Å². The van der Waals surface area contributed by atoms with Gasteiger partial charge >= 0.3 is 0 Å². The van der Waals surface area contributed by atoms with Crippen molar-refractivity contribution in [1.82, 2.24) is 19.9 Å². The number of anilines is 3. The largest absolute Gasteiger partial charge is 0.367 e. The summed E-state index contributed by atoms with van der Waals surface area (Å²) in [5.41, 5.74) is 0.771. The zero-order chi connectivity index (χ0) is 21.6. The Balaban J connectivity index is 1.50. The van der Waals surface area contributed by atoms with E-state index in [-0.39, 0.29) is 23.7 Å². The van der Waals surface area contributed by atoms with Gasteiger partial charge in [0.2, 0.25) is 10.0 Å². The predicted molar refractivity (Wildman–Crippen MR) is 111 cm³/mol. The van der Waals surface area contributed by atoms with E-state index in [1.807, 2.05) is 19.1 Å². The first-order chi connectivity index (χ1) is 14.3. The number of rotatable bonds is 9. The summed E-state index contributed by atoms with van der Waals surface area (Å²) in [4.78, 5) is 14.2. The molecule has 2 heterocycles. The topological polar surface area (TPSA) is 152 Å². The molecular weight excluding hydrogens is 410 g/mol. The van der Waals surface area contributed by atoms with Crippen LogP contribution in [0, 0.1) is 17.0 Å². The average molecular weight is 429 g/mol. The number of benzene rings is 1. The van der Waals surface area contributed by atoms with E-state index in [4.69, 9.17) is 0 Å². The van der Waals surface area contributed by atoms with Crippen LogP contribution in [-0.2, 0) is 10.0 Å². The van der Waals surface area contributed by atoms with Gasteiger partial charge < -0.3 is 10.6 Å². The summed E-state index contributed by atoms with van der Waals surface area (Å²) in [7, 11) is -3.86. The van der Waals surface area contributed by atoms with Crippen molar-refractivity contribution in [1.29, 1.82) is 0 Å². The first-order valence-corrected chi connectivity index (χ1v) is 10.3. The molecule has 0 unspecified atom stereocenters. The summed E-state index contributed by atoms with van der Waals surface area (Å²) in [6, 6.07) is 12.0. The van der Waals surface area contributed by atoms with Crippen molar-refractivity contribution >= 4 is 33.2 Å². The monoisotopic (exact) mass is 429 g/mol. The third kappa shape index (κ3) is 5.68. The Bertz CT molecular complexity index is 1140. The first-order valence-electron chi connectivity index (χ1n) is 8.85. The molecule has 0 aliphatic heterocycles. The molecule has 1 aromatic carbocycles. The molecule has 11 nitrogen and oxygen atoms in total. The minimum absolute atomic E-state index is 0.0555. The van der Waals surface area contributed by atoms with Crippen LogP contribution in [-0.4, -0.2) is 41.6 Å². The van der Waals surface area contributed by atoms with Gasteiger partial charge in [-0.15, -0.1) is 10.2 Å². The van der Waals surface area contributed by atoms with Gasteiger partial charge in [0.1, 0.15) is 11.6 Å². The molecule has 0 fully saturated rings. The first kappa shape index (κ1) is 21.1. The number of sulfonamides is 1.